The lowest BCUT2D eigenvalue weighted by Gasteiger charge is -2.25. The molecule has 0 spiro atoms. The van der Waals surface area contributed by atoms with Crippen LogP contribution >= 0.6 is 0 Å². The highest BCUT2D eigenvalue weighted by Gasteiger charge is 2.23. The minimum Gasteiger partial charge on any atom is -0.314 e. The molecule has 0 aliphatic rings. The second-order valence-corrected chi connectivity index (χ2v) is 6.57. The average molecular weight is 277 g/mol. The minimum absolute atomic E-state index is 0.355. The van der Waals surface area contributed by atoms with E-state index in [0.717, 1.165) is 13.0 Å². The van der Waals surface area contributed by atoms with Crippen LogP contribution in [0.1, 0.15) is 27.2 Å². The molecule has 0 unspecified atom stereocenters. The Kier molecular flexibility index (Phi) is 8.43. The predicted molar refractivity (Wildman–Crippen MR) is 76.7 cm³/mol. The second kappa shape index (κ2) is 8.63. The molecule has 0 radical (unpaired) electrons. The Morgan fingerprint density at radius 3 is 2.44 bits per heavy atom. The van der Waals surface area contributed by atoms with Crippen molar-refractivity contribution in [3.05, 3.63) is 12.7 Å². The van der Waals surface area contributed by atoms with Crippen LogP contribution in [-0.4, -0.2) is 56.3 Å². The summed E-state index contributed by atoms with van der Waals surface area (Å²) in [5, 5.41) is 3.27. The van der Waals surface area contributed by atoms with Crippen LogP contribution in [0.15, 0.2) is 12.7 Å². The Bertz CT molecular complexity index is 328. The van der Waals surface area contributed by atoms with Gasteiger partial charge in [-0.2, -0.15) is 17.0 Å². The molecule has 0 amide bonds. The molecule has 18 heavy (non-hydrogen) atoms. The van der Waals surface area contributed by atoms with Crippen LogP contribution in [0.25, 0.3) is 0 Å². The highest BCUT2D eigenvalue weighted by molar-refractivity contribution is 7.86. The van der Waals surface area contributed by atoms with E-state index in [9.17, 15) is 8.42 Å². The van der Waals surface area contributed by atoms with Gasteiger partial charge >= 0.3 is 0 Å². The first-order valence-electron chi connectivity index (χ1n) is 6.41. The van der Waals surface area contributed by atoms with Crippen LogP contribution < -0.4 is 5.32 Å². The second-order valence-electron chi connectivity index (χ2n) is 4.53. The summed E-state index contributed by atoms with van der Waals surface area (Å²) >= 11 is 0. The molecular weight excluding hydrogens is 250 g/mol. The van der Waals surface area contributed by atoms with Gasteiger partial charge in [-0.3, -0.25) is 0 Å². The van der Waals surface area contributed by atoms with E-state index >= 15 is 0 Å². The van der Waals surface area contributed by atoms with Gasteiger partial charge in [0.15, 0.2) is 0 Å². The summed E-state index contributed by atoms with van der Waals surface area (Å²) in [7, 11) is -1.72. The molecule has 108 valence electrons. The first kappa shape index (κ1) is 17.6. The summed E-state index contributed by atoms with van der Waals surface area (Å²) in [5.74, 6) is 0. The maximum Gasteiger partial charge on any atom is 0.281 e. The maximum absolute atomic E-state index is 12.2. The molecule has 0 bridgehead atoms. The molecule has 5 nitrogen and oxygen atoms in total. The Morgan fingerprint density at radius 1 is 1.39 bits per heavy atom. The lowest BCUT2D eigenvalue weighted by molar-refractivity contribution is 0.379. The lowest BCUT2D eigenvalue weighted by atomic mass is 10.3. The fraction of sp³-hybridized carbons (Fsp3) is 0.833. The van der Waals surface area contributed by atoms with Gasteiger partial charge in [-0.1, -0.05) is 26.8 Å². The lowest BCUT2D eigenvalue weighted by Crippen LogP contribution is -2.42. The van der Waals surface area contributed by atoms with E-state index in [2.05, 4.69) is 25.7 Å². The van der Waals surface area contributed by atoms with Crippen molar-refractivity contribution >= 4 is 10.2 Å². The van der Waals surface area contributed by atoms with Crippen molar-refractivity contribution in [2.24, 2.45) is 0 Å². The van der Waals surface area contributed by atoms with E-state index in [4.69, 9.17) is 0 Å². The van der Waals surface area contributed by atoms with Gasteiger partial charge in [-0.05, 0) is 13.0 Å². The molecule has 0 saturated heterocycles. The average Bonchev–Trinajstić information content (AvgIpc) is 2.30. The van der Waals surface area contributed by atoms with Crippen LogP contribution in [0.4, 0.5) is 0 Å². The van der Waals surface area contributed by atoms with Crippen LogP contribution in [0.3, 0.4) is 0 Å². The number of hydrogen-bond donors (Lipinski definition) is 1. The first-order chi connectivity index (χ1) is 8.36. The Hall–Kier alpha value is -0.430. The third-order valence-electron chi connectivity index (χ3n) is 2.61. The molecule has 0 aromatic heterocycles. The molecule has 0 aliphatic carbocycles. The van der Waals surface area contributed by atoms with Crippen LogP contribution in [-0.2, 0) is 10.2 Å². The molecule has 1 N–H and O–H groups in total. The summed E-state index contributed by atoms with van der Waals surface area (Å²) in [6, 6.07) is 0.430. The molecule has 0 heterocycles. The van der Waals surface area contributed by atoms with Gasteiger partial charge in [-0.25, -0.2) is 0 Å². The van der Waals surface area contributed by atoms with Crippen molar-refractivity contribution < 1.29 is 8.42 Å². The van der Waals surface area contributed by atoms with Gasteiger partial charge in [0.05, 0.1) is 0 Å². The number of rotatable bonds is 10. The van der Waals surface area contributed by atoms with E-state index in [1.54, 1.807) is 13.1 Å². The molecule has 0 saturated carbocycles. The Balaban J connectivity index is 4.28. The zero-order valence-electron chi connectivity index (χ0n) is 12.0. The molecular formula is C12H27N3O2S. The van der Waals surface area contributed by atoms with Crippen LogP contribution in [0, 0.1) is 0 Å². The number of likely N-dealkylation sites (N-methyl/N-ethyl adjacent to an activating group) is 1. The standard InChI is InChI=1S/C12H27N3O2S/c1-6-10-15(7-2)18(16,17)14(5)11-8-9-13-12(3)4/h6,12-13H,1,7-11H2,2-5H3. The molecule has 0 fully saturated rings. The van der Waals surface area contributed by atoms with Crippen molar-refractivity contribution in [2.75, 3.05) is 33.2 Å². The molecule has 0 rings (SSSR count). The van der Waals surface area contributed by atoms with Gasteiger partial charge < -0.3 is 5.32 Å². The summed E-state index contributed by atoms with van der Waals surface area (Å²) in [6.07, 6.45) is 2.41. The van der Waals surface area contributed by atoms with Crippen molar-refractivity contribution in [1.29, 1.82) is 0 Å². The van der Waals surface area contributed by atoms with E-state index < -0.39 is 10.2 Å². The predicted octanol–water partition coefficient (Wildman–Crippen LogP) is 1.06. The van der Waals surface area contributed by atoms with E-state index in [-0.39, 0.29) is 0 Å². The minimum atomic E-state index is -3.35. The fourth-order valence-electron chi connectivity index (χ4n) is 1.54. The third-order valence-corrected chi connectivity index (χ3v) is 4.64. The van der Waals surface area contributed by atoms with Gasteiger partial charge in [0.25, 0.3) is 10.2 Å². The van der Waals surface area contributed by atoms with Crippen molar-refractivity contribution in [3.8, 4) is 0 Å². The molecule has 0 aromatic rings. The van der Waals surface area contributed by atoms with Gasteiger partial charge in [0, 0.05) is 32.7 Å². The molecule has 0 aromatic carbocycles. The zero-order valence-corrected chi connectivity index (χ0v) is 12.8. The summed E-state index contributed by atoms with van der Waals surface area (Å²) in [6.45, 7) is 11.7. The monoisotopic (exact) mass is 277 g/mol. The molecule has 6 heteroatoms. The number of nitrogens with zero attached hydrogens (tertiary/aromatic N) is 2. The van der Waals surface area contributed by atoms with Crippen LogP contribution in [0.2, 0.25) is 0 Å². The smallest absolute Gasteiger partial charge is 0.281 e. The first-order valence-corrected chi connectivity index (χ1v) is 7.81. The zero-order chi connectivity index (χ0) is 14.2. The van der Waals surface area contributed by atoms with E-state index in [1.807, 2.05) is 6.92 Å². The number of hydrogen-bond acceptors (Lipinski definition) is 3. The van der Waals surface area contributed by atoms with E-state index in [0.29, 0.717) is 25.7 Å². The van der Waals surface area contributed by atoms with Gasteiger partial charge in [0.1, 0.15) is 0 Å². The maximum atomic E-state index is 12.2. The van der Waals surface area contributed by atoms with Crippen molar-refractivity contribution in [1.82, 2.24) is 13.9 Å². The van der Waals surface area contributed by atoms with Crippen molar-refractivity contribution in [3.63, 3.8) is 0 Å². The quantitative estimate of drug-likeness (QED) is 0.480. The highest BCUT2D eigenvalue weighted by atomic mass is 32.2. The fourth-order valence-corrected chi connectivity index (χ4v) is 2.91. The SMILES string of the molecule is C=CCN(CC)S(=O)(=O)N(C)CCCNC(C)C. The highest BCUT2D eigenvalue weighted by Crippen LogP contribution is 2.06. The topological polar surface area (TPSA) is 52.7 Å². The largest absolute Gasteiger partial charge is 0.314 e. The Labute approximate surface area is 112 Å². The van der Waals surface area contributed by atoms with Crippen LogP contribution in [0.5, 0.6) is 0 Å². The summed E-state index contributed by atoms with van der Waals surface area (Å²) < 4.78 is 27.1. The van der Waals surface area contributed by atoms with Gasteiger partial charge in [0.2, 0.25) is 0 Å². The summed E-state index contributed by atoms with van der Waals surface area (Å²) in [4.78, 5) is 0. The van der Waals surface area contributed by atoms with Gasteiger partial charge in [-0.15, -0.1) is 6.58 Å². The normalized spacial score (nSPS) is 12.6. The summed E-state index contributed by atoms with van der Waals surface area (Å²) in [5.41, 5.74) is 0. The third kappa shape index (κ3) is 5.95. The Morgan fingerprint density at radius 2 is 2.00 bits per heavy atom. The molecule has 0 aliphatic heterocycles. The molecule has 0 atom stereocenters. The number of nitrogens with one attached hydrogen (secondary N) is 1. The van der Waals surface area contributed by atoms with E-state index in [1.165, 1.54) is 8.61 Å². The van der Waals surface area contributed by atoms with Crippen molar-refractivity contribution in [2.45, 2.75) is 33.2 Å².